The quantitative estimate of drug-likeness (QED) is 0.831. The first-order valence-corrected chi connectivity index (χ1v) is 5.95. The van der Waals surface area contributed by atoms with Gasteiger partial charge in [-0.05, 0) is 12.5 Å². The Morgan fingerprint density at radius 2 is 2.12 bits per heavy atom. The molecule has 16 heavy (non-hydrogen) atoms. The van der Waals surface area contributed by atoms with E-state index in [1.165, 1.54) is 16.8 Å². The lowest BCUT2D eigenvalue weighted by molar-refractivity contribution is 0.295. The summed E-state index contributed by atoms with van der Waals surface area (Å²) in [4.78, 5) is 2.39. The van der Waals surface area contributed by atoms with Crippen LogP contribution in [0.25, 0.3) is 0 Å². The van der Waals surface area contributed by atoms with Gasteiger partial charge in [-0.1, -0.05) is 36.4 Å². The first-order valence-electron chi connectivity index (χ1n) is 5.95. The number of nitrogens with zero attached hydrogens (tertiary/aromatic N) is 1. The van der Waals surface area contributed by atoms with Crippen LogP contribution < -0.4 is 5.32 Å². The molecule has 2 rings (SSSR count). The Balaban J connectivity index is 1.96. The largest absolute Gasteiger partial charge is 0.372 e. The normalized spacial score (nSPS) is 16.2. The lowest BCUT2D eigenvalue weighted by Crippen LogP contribution is -2.42. The lowest BCUT2D eigenvalue weighted by Gasteiger charge is -2.31. The van der Waals surface area contributed by atoms with Crippen molar-refractivity contribution in [1.29, 1.82) is 0 Å². The molecule has 0 saturated carbocycles. The first-order chi connectivity index (χ1) is 7.75. The van der Waals surface area contributed by atoms with E-state index in [1.54, 1.807) is 0 Å². The molecule has 2 heteroatoms. The Labute approximate surface area is 98.0 Å². The SMILES string of the molecule is C=C(Cc1cccc(C)c1)N1CCNCC1. The van der Waals surface area contributed by atoms with Crippen LogP contribution in [-0.4, -0.2) is 31.1 Å². The van der Waals surface area contributed by atoms with Crippen molar-refractivity contribution in [1.82, 2.24) is 10.2 Å². The molecule has 2 nitrogen and oxygen atoms in total. The van der Waals surface area contributed by atoms with E-state index in [2.05, 4.69) is 48.0 Å². The number of piperazine rings is 1. The van der Waals surface area contributed by atoms with Crippen LogP contribution in [0.5, 0.6) is 0 Å². The zero-order chi connectivity index (χ0) is 11.4. The Morgan fingerprint density at radius 1 is 1.38 bits per heavy atom. The number of hydrogen-bond acceptors (Lipinski definition) is 2. The van der Waals surface area contributed by atoms with Gasteiger partial charge in [0.25, 0.3) is 0 Å². The van der Waals surface area contributed by atoms with Crippen LogP contribution in [0.3, 0.4) is 0 Å². The van der Waals surface area contributed by atoms with Gasteiger partial charge in [-0.2, -0.15) is 0 Å². The highest BCUT2D eigenvalue weighted by Crippen LogP contribution is 2.12. The van der Waals surface area contributed by atoms with E-state index in [1.807, 2.05) is 0 Å². The molecule has 0 bridgehead atoms. The molecule has 0 aliphatic carbocycles. The average molecular weight is 216 g/mol. The minimum absolute atomic E-state index is 0.974. The number of rotatable bonds is 3. The molecule has 1 N–H and O–H groups in total. The number of nitrogens with one attached hydrogen (secondary N) is 1. The number of benzene rings is 1. The lowest BCUT2D eigenvalue weighted by atomic mass is 10.1. The number of hydrogen-bond donors (Lipinski definition) is 1. The van der Waals surface area contributed by atoms with Crippen molar-refractivity contribution in [3.63, 3.8) is 0 Å². The maximum absolute atomic E-state index is 4.20. The smallest absolute Gasteiger partial charge is 0.0300 e. The van der Waals surface area contributed by atoms with E-state index >= 15 is 0 Å². The van der Waals surface area contributed by atoms with Gasteiger partial charge >= 0.3 is 0 Å². The number of aryl methyl sites for hydroxylation is 1. The van der Waals surface area contributed by atoms with E-state index in [0.717, 1.165) is 32.6 Å². The van der Waals surface area contributed by atoms with Crippen LogP contribution in [0.2, 0.25) is 0 Å². The monoisotopic (exact) mass is 216 g/mol. The minimum Gasteiger partial charge on any atom is -0.372 e. The van der Waals surface area contributed by atoms with E-state index in [0.29, 0.717) is 0 Å². The van der Waals surface area contributed by atoms with Gasteiger partial charge in [-0.15, -0.1) is 0 Å². The molecular weight excluding hydrogens is 196 g/mol. The molecule has 0 unspecified atom stereocenters. The second-order valence-electron chi connectivity index (χ2n) is 4.47. The van der Waals surface area contributed by atoms with Gasteiger partial charge in [0.05, 0.1) is 0 Å². The molecule has 0 radical (unpaired) electrons. The Morgan fingerprint density at radius 3 is 2.81 bits per heavy atom. The minimum atomic E-state index is 0.974. The van der Waals surface area contributed by atoms with Crippen LogP contribution in [0.15, 0.2) is 36.5 Å². The van der Waals surface area contributed by atoms with Crippen molar-refractivity contribution in [2.45, 2.75) is 13.3 Å². The molecule has 0 aromatic heterocycles. The molecule has 0 atom stereocenters. The molecule has 86 valence electrons. The van der Waals surface area contributed by atoms with Crippen molar-refractivity contribution < 1.29 is 0 Å². The Kier molecular flexibility index (Phi) is 3.62. The summed E-state index contributed by atoms with van der Waals surface area (Å²) in [5.41, 5.74) is 3.93. The van der Waals surface area contributed by atoms with Crippen molar-refractivity contribution in [3.05, 3.63) is 47.7 Å². The van der Waals surface area contributed by atoms with E-state index in [9.17, 15) is 0 Å². The zero-order valence-electron chi connectivity index (χ0n) is 10.00. The fourth-order valence-electron chi connectivity index (χ4n) is 2.15. The van der Waals surface area contributed by atoms with E-state index in [-0.39, 0.29) is 0 Å². The van der Waals surface area contributed by atoms with Crippen LogP contribution in [0.1, 0.15) is 11.1 Å². The third-order valence-electron chi connectivity index (χ3n) is 3.05. The standard InChI is InChI=1S/C14H20N2/c1-12-4-3-5-14(10-12)11-13(2)16-8-6-15-7-9-16/h3-5,10,15H,2,6-9,11H2,1H3. The van der Waals surface area contributed by atoms with Crippen molar-refractivity contribution in [2.24, 2.45) is 0 Å². The summed E-state index contributed by atoms with van der Waals surface area (Å²) < 4.78 is 0. The predicted molar refractivity (Wildman–Crippen MR) is 68.5 cm³/mol. The van der Waals surface area contributed by atoms with Crippen LogP contribution >= 0.6 is 0 Å². The summed E-state index contributed by atoms with van der Waals surface area (Å²) in [6.07, 6.45) is 0.974. The van der Waals surface area contributed by atoms with Gasteiger partial charge < -0.3 is 10.2 Å². The Hall–Kier alpha value is -1.28. The van der Waals surface area contributed by atoms with Gasteiger partial charge in [-0.3, -0.25) is 0 Å². The maximum atomic E-state index is 4.20. The maximum Gasteiger partial charge on any atom is 0.0300 e. The zero-order valence-corrected chi connectivity index (χ0v) is 10.00. The third-order valence-corrected chi connectivity index (χ3v) is 3.05. The van der Waals surface area contributed by atoms with Crippen molar-refractivity contribution in [2.75, 3.05) is 26.2 Å². The molecule has 0 spiro atoms. The highest BCUT2D eigenvalue weighted by Gasteiger charge is 2.11. The van der Waals surface area contributed by atoms with Gasteiger partial charge in [0.2, 0.25) is 0 Å². The third kappa shape index (κ3) is 2.86. The summed E-state index contributed by atoms with van der Waals surface area (Å²) in [6, 6.07) is 8.68. The van der Waals surface area contributed by atoms with E-state index in [4.69, 9.17) is 0 Å². The topological polar surface area (TPSA) is 15.3 Å². The average Bonchev–Trinajstić information content (AvgIpc) is 2.30. The highest BCUT2D eigenvalue weighted by molar-refractivity contribution is 5.25. The molecule has 1 fully saturated rings. The molecule has 1 saturated heterocycles. The Bertz CT molecular complexity index is 365. The van der Waals surface area contributed by atoms with E-state index < -0.39 is 0 Å². The summed E-state index contributed by atoms with van der Waals surface area (Å²) in [5, 5.41) is 3.36. The fraction of sp³-hybridized carbons (Fsp3) is 0.429. The van der Waals surface area contributed by atoms with Crippen LogP contribution in [-0.2, 0) is 6.42 Å². The summed E-state index contributed by atoms with van der Waals surface area (Å²) in [7, 11) is 0. The van der Waals surface area contributed by atoms with Gasteiger partial charge in [0, 0.05) is 38.3 Å². The predicted octanol–water partition coefficient (Wildman–Crippen LogP) is 1.96. The molecule has 0 amide bonds. The van der Waals surface area contributed by atoms with Gasteiger partial charge in [0.1, 0.15) is 0 Å². The summed E-state index contributed by atoms with van der Waals surface area (Å²) >= 11 is 0. The fourth-order valence-corrected chi connectivity index (χ4v) is 2.15. The summed E-state index contributed by atoms with van der Waals surface area (Å²) in [5.74, 6) is 0. The first kappa shape index (κ1) is 11.2. The molecular formula is C14H20N2. The molecule has 1 aromatic carbocycles. The molecule has 1 aliphatic rings. The van der Waals surface area contributed by atoms with Crippen molar-refractivity contribution >= 4 is 0 Å². The van der Waals surface area contributed by atoms with Gasteiger partial charge in [0.15, 0.2) is 0 Å². The number of allylic oxidation sites excluding steroid dienone is 1. The van der Waals surface area contributed by atoms with Gasteiger partial charge in [-0.25, -0.2) is 0 Å². The molecule has 1 aliphatic heterocycles. The second-order valence-corrected chi connectivity index (χ2v) is 4.47. The van der Waals surface area contributed by atoms with Crippen molar-refractivity contribution in [3.8, 4) is 0 Å². The molecule has 1 aromatic rings. The highest BCUT2D eigenvalue weighted by atomic mass is 15.2. The van der Waals surface area contributed by atoms with Crippen LogP contribution in [0, 0.1) is 6.92 Å². The van der Waals surface area contributed by atoms with Crippen LogP contribution in [0.4, 0.5) is 0 Å². The molecule has 1 heterocycles. The summed E-state index contributed by atoms with van der Waals surface area (Å²) in [6.45, 7) is 10.7. The second kappa shape index (κ2) is 5.17.